The molecule has 1 spiro atoms. The van der Waals surface area contributed by atoms with Gasteiger partial charge in [-0.15, -0.1) is 0 Å². The van der Waals surface area contributed by atoms with Gasteiger partial charge in [-0.2, -0.15) is 0 Å². The number of benzene rings is 2. The molecule has 3 unspecified atom stereocenters. The molecule has 0 radical (unpaired) electrons. The standard InChI is InChI=1S/C41H46O11/c1-23(42)52-39-22-48-30(39)17-26-21-49-41(26)33(39)35(51-36(46)25-15-11-8-12-16-25)40(47)20-27(18-29(38(40,5)6)32(44)34(41)45)50-31(43)19-28(37(2,3)4)24-13-9-7-10-14-24/h7-16,18,21,27-28,30,32-33,35,44,47H,17,19-20,22H2,1-6H3/t27-,28?,30?,32-,33-,35+,39+,40?,41+/m1/s1. The fourth-order valence-corrected chi connectivity index (χ4v) is 9.23. The second-order valence-electron chi connectivity index (χ2n) is 16.4. The van der Waals surface area contributed by atoms with Crippen molar-refractivity contribution in [1.82, 2.24) is 0 Å². The molecular weight excluding hydrogens is 668 g/mol. The predicted octanol–water partition coefficient (Wildman–Crippen LogP) is 4.75. The monoisotopic (exact) mass is 714 g/mol. The topological polar surface area (TPSA) is 155 Å². The maximum absolute atomic E-state index is 14.8. The molecule has 2 aliphatic heterocycles. The predicted molar refractivity (Wildman–Crippen MR) is 185 cm³/mol. The molecule has 2 bridgehead atoms. The third-order valence-electron chi connectivity index (χ3n) is 12.1. The van der Waals surface area contributed by atoms with Crippen molar-refractivity contribution in [3.63, 3.8) is 0 Å². The zero-order valence-corrected chi connectivity index (χ0v) is 30.3. The minimum absolute atomic E-state index is 0.0191. The minimum atomic E-state index is -2.12. The highest BCUT2D eigenvalue weighted by atomic mass is 16.6. The summed E-state index contributed by atoms with van der Waals surface area (Å²) in [4.78, 5) is 55.4. The Labute approximate surface area is 302 Å². The molecule has 3 aliphatic carbocycles. The molecule has 3 fully saturated rings. The van der Waals surface area contributed by atoms with Crippen LogP contribution in [0.15, 0.2) is 84.1 Å². The zero-order valence-electron chi connectivity index (χ0n) is 30.3. The summed E-state index contributed by atoms with van der Waals surface area (Å²) in [6.07, 6.45) is -2.48. The van der Waals surface area contributed by atoms with E-state index in [1.807, 2.05) is 51.1 Å². The Kier molecular flexibility index (Phi) is 8.59. The number of aliphatic hydroxyl groups excluding tert-OH is 1. The molecule has 0 aromatic heterocycles. The van der Waals surface area contributed by atoms with Crippen molar-refractivity contribution in [1.29, 1.82) is 0 Å². The summed E-state index contributed by atoms with van der Waals surface area (Å²) in [6.45, 7) is 10.5. The van der Waals surface area contributed by atoms with Crippen molar-refractivity contribution in [3.05, 3.63) is 95.3 Å². The lowest BCUT2D eigenvalue weighted by Gasteiger charge is -2.67. The van der Waals surface area contributed by atoms with Crippen LogP contribution in [-0.2, 0) is 38.1 Å². The summed E-state index contributed by atoms with van der Waals surface area (Å²) in [5, 5.41) is 25.3. The summed E-state index contributed by atoms with van der Waals surface area (Å²) in [5.74, 6) is -4.35. The van der Waals surface area contributed by atoms with Crippen LogP contribution < -0.4 is 0 Å². The van der Waals surface area contributed by atoms with Gasteiger partial charge in [0, 0.05) is 30.8 Å². The van der Waals surface area contributed by atoms with Crippen LogP contribution in [0.3, 0.4) is 0 Å². The Morgan fingerprint density at radius 1 is 1.00 bits per heavy atom. The molecule has 1 saturated heterocycles. The number of fused-ring (bicyclic) bond motifs is 4. The average Bonchev–Trinajstić information content (AvgIpc) is 3.07. The van der Waals surface area contributed by atoms with Gasteiger partial charge in [0.2, 0.25) is 11.4 Å². The Morgan fingerprint density at radius 2 is 1.65 bits per heavy atom. The normalized spacial score (nSPS) is 34.7. The largest absolute Gasteiger partial charge is 0.482 e. The number of aliphatic hydroxyl groups is 2. The van der Waals surface area contributed by atoms with Gasteiger partial charge in [0.15, 0.2) is 5.60 Å². The molecule has 2 saturated carbocycles. The van der Waals surface area contributed by atoms with Crippen molar-refractivity contribution < 1.29 is 53.1 Å². The van der Waals surface area contributed by atoms with Gasteiger partial charge in [0.1, 0.15) is 30.0 Å². The molecule has 11 nitrogen and oxygen atoms in total. The number of ketones is 1. The molecule has 11 heteroatoms. The maximum atomic E-state index is 14.8. The van der Waals surface area contributed by atoms with Crippen LogP contribution in [0.4, 0.5) is 0 Å². The number of esters is 3. The minimum Gasteiger partial charge on any atom is -0.482 e. The van der Waals surface area contributed by atoms with E-state index in [1.54, 1.807) is 44.2 Å². The number of carbonyl (C=O) groups is 4. The highest BCUT2D eigenvalue weighted by Crippen LogP contribution is 2.65. The summed E-state index contributed by atoms with van der Waals surface area (Å²) in [6, 6.07) is 17.8. The van der Waals surface area contributed by atoms with Crippen LogP contribution in [0.1, 0.15) is 82.6 Å². The summed E-state index contributed by atoms with van der Waals surface area (Å²) < 4.78 is 30.5. The summed E-state index contributed by atoms with van der Waals surface area (Å²) >= 11 is 0. The van der Waals surface area contributed by atoms with E-state index >= 15 is 0 Å². The van der Waals surface area contributed by atoms with Gasteiger partial charge in [-0.1, -0.05) is 83.1 Å². The first-order valence-corrected chi connectivity index (χ1v) is 17.8. The van der Waals surface area contributed by atoms with Crippen LogP contribution >= 0.6 is 0 Å². The molecule has 5 aliphatic rings. The number of Topliss-reactive ketones (excluding diaryl/α,β-unsaturated/α-hetero) is 1. The molecule has 52 heavy (non-hydrogen) atoms. The van der Waals surface area contributed by atoms with Gasteiger partial charge in [-0.3, -0.25) is 14.4 Å². The second-order valence-corrected chi connectivity index (χ2v) is 16.4. The molecule has 9 atom stereocenters. The van der Waals surface area contributed by atoms with Gasteiger partial charge >= 0.3 is 17.9 Å². The zero-order chi connectivity index (χ0) is 37.4. The molecule has 2 heterocycles. The smallest absolute Gasteiger partial charge is 0.338 e. The Balaban J connectivity index is 1.35. The first-order chi connectivity index (χ1) is 24.5. The SMILES string of the molecule is CC(=O)O[C@@]12COC1CC1=CO[C@@]13C(=O)[C@H](O)C1=C[C@@H](OC(=O)CC(c4ccccc4)C(C)(C)C)CC(O)([C@@H](OC(=O)c4ccccc4)[C@@H]32)C1(C)C. The molecule has 2 aromatic rings. The third kappa shape index (κ3) is 5.34. The van der Waals surface area contributed by atoms with Crippen LogP contribution in [0.2, 0.25) is 0 Å². The summed E-state index contributed by atoms with van der Waals surface area (Å²) in [7, 11) is 0. The van der Waals surface area contributed by atoms with Crippen molar-refractivity contribution in [3.8, 4) is 0 Å². The lowest BCUT2D eigenvalue weighted by Crippen LogP contribution is -2.83. The van der Waals surface area contributed by atoms with Crippen molar-refractivity contribution in [2.75, 3.05) is 6.61 Å². The average molecular weight is 715 g/mol. The Morgan fingerprint density at radius 3 is 2.21 bits per heavy atom. The molecule has 276 valence electrons. The maximum Gasteiger partial charge on any atom is 0.338 e. The van der Waals surface area contributed by atoms with Gasteiger partial charge in [0.25, 0.3) is 0 Å². The van der Waals surface area contributed by atoms with Crippen LogP contribution in [-0.4, -0.2) is 81.7 Å². The van der Waals surface area contributed by atoms with Gasteiger partial charge in [-0.05, 0) is 40.7 Å². The van der Waals surface area contributed by atoms with E-state index in [1.165, 1.54) is 19.3 Å². The summed E-state index contributed by atoms with van der Waals surface area (Å²) in [5.41, 5.74) is -5.67. The highest BCUT2D eigenvalue weighted by molar-refractivity contribution is 5.99. The van der Waals surface area contributed by atoms with Crippen molar-refractivity contribution in [2.24, 2.45) is 16.7 Å². The van der Waals surface area contributed by atoms with E-state index in [2.05, 4.69) is 0 Å². The molecule has 7 rings (SSSR count). The quantitative estimate of drug-likeness (QED) is 0.232. The molecule has 2 N–H and O–H groups in total. The molecule has 2 aromatic carbocycles. The Hall–Kier alpha value is -4.32. The van der Waals surface area contributed by atoms with Gasteiger partial charge in [0.05, 0.1) is 30.8 Å². The van der Waals surface area contributed by atoms with Crippen LogP contribution in [0, 0.1) is 16.7 Å². The first-order valence-electron chi connectivity index (χ1n) is 17.8. The van der Waals surface area contributed by atoms with E-state index in [-0.39, 0.29) is 48.3 Å². The van der Waals surface area contributed by atoms with Crippen molar-refractivity contribution >= 4 is 23.7 Å². The Bertz CT molecular complexity index is 1840. The van der Waals surface area contributed by atoms with E-state index in [4.69, 9.17) is 23.7 Å². The van der Waals surface area contributed by atoms with E-state index < -0.39 is 76.2 Å². The van der Waals surface area contributed by atoms with Crippen LogP contribution in [0.25, 0.3) is 0 Å². The van der Waals surface area contributed by atoms with E-state index in [9.17, 15) is 29.4 Å². The third-order valence-corrected chi connectivity index (χ3v) is 12.1. The second kappa shape index (κ2) is 12.4. The first kappa shape index (κ1) is 36.1. The number of carbonyl (C=O) groups excluding carboxylic acids is 4. The van der Waals surface area contributed by atoms with Gasteiger partial charge in [-0.25, -0.2) is 4.79 Å². The highest BCUT2D eigenvalue weighted by Gasteiger charge is 2.80. The number of rotatable bonds is 7. The van der Waals surface area contributed by atoms with Crippen molar-refractivity contribution in [2.45, 2.75) is 108 Å². The molecular formula is C41H46O11. The molecule has 0 amide bonds. The van der Waals surface area contributed by atoms with Crippen LogP contribution in [0.5, 0.6) is 0 Å². The van der Waals surface area contributed by atoms with E-state index in [0.717, 1.165) is 5.56 Å². The number of hydrogen-bond acceptors (Lipinski definition) is 11. The fraction of sp³-hybridized carbons (Fsp3) is 0.512. The fourth-order valence-electron chi connectivity index (χ4n) is 9.23. The van der Waals surface area contributed by atoms with Gasteiger partial charge < -0.3 is 33.9 Å². The van der Waals surface area contributed by atoms with E-state index in [0.29, 0.717) is 5.57 Å². The lowest BCUT2D eigenvalue weighted by molar-refractivity contribution is -0.337. The lowest BCUT2D eigenvalue weighted by atomic mass is 9.47. The number of ether oxygens (including phenoxy) is 5. The number of hydrogen-bond donors (Lipinski definition) is 2.